The van der Waals surface area contributed by atoms with Crippen LogP contribution in [0.5, 0.6) is 5.75 Å². The number of ether oxygens (including phenoxy) is 1. The van der Waals surface area contributed by atoms with Crippen LogP contribution in [0.2, 0.25) is 0 Å². The highest BCUT2D eigenvalue weighted by Crippen LogP contribution is 2.22. The van der Waals surface area contributed by atoms with Crippen molar-refractivity contribution >= 4 is 5.78 Å². The van der Waals surface area contributed by atoms with Crippen molar-refractivity contribution in [2.24, 2.45) is 0 Å². The SMILES string of the molecule is CCN(CC(=O)c1ccc(C)cc1OC)CC(F)(F)F. The van der Waals surface area contributed by atoms with Crippen LogP contribution in [0.3, 0.4) is 0 Å². The van der Waals surface area contributed by atoms with Gasteiger partial charge in [-0.3, -0.25) is 9.69 Å². The average Bonchev–Trinajstić information content (AvgIpc) is 2.35. The third-order valence-electron chi connectivity index (χ3n) is 2.87. The van der Waals surface area contributed by atoms with Crippen molar-refractivity contribution in [1.82, 2.24) is 4.90 Å². The first-order chi connectivity index (χ1) is 9.26. The predicted molar refractivity (Wildman–Crippen MR) is 70.2 cm³/mol. The standard InChI is InChI=1S/C14H18F3NO2/c1-4-18(9-14(15,16)17)8-12(19)11-6-5-10(2)7-13(11)20-3/h5-7H,4,8-9H2,1-3H3. The summed E-state index contributed by atoms with van der Waals surface area (Å²) in [5.74, 6) is 0.00557. The number of rotatable bonds is 6. The van der Waals surface area contributed by atoms with E-state index in [0.717, 1.165) is 10.5 Å². The molecule has 0 N–H and O–H groups in total. The van der Waals surface area contributed by atoms with Crippen LogP contribution in [-0.2, 0) is 0 Å². The molecule has 0 atom stereocenters. The Morgan fingerprint density at radius 3 is 2.50 bits per heavy atom. The first kappa shape index (κ1) is 16.5. The van der Waals surface area contributed by atoms with Crippen LogP contribution in [0, 0.1) is 6.92 Å². The number of methoxy groups -OCH3 is 1. The molecule has 6 heteroatoms. The largest absolute Gasteiger partial charge is 0.496 e. The highest BCUT2D eigenvalue weighted by Gasteiger charge is 2.31. The number of halogens is 3. The van der Waals surface area contributed by atoms with E-state index in [-0.39, 0.29) is 18.9 Å². The molecular weight excluding hydrogens is 271 g/mol. The van der Waals surface area contributed by atoms with Gasteiger partial charge in [0.05, 0.1) is 25.8 Å². The number of benzene rings is 1. The summed E-state index contributed by atoms with van der Waals surface area (Å²) in [4.78, 5) is 13.2. The third kappa shape index (κ3) is 4.85. The van der Waals surface area contributed by atoms with Crippen LogP contribution < -0.4 is 4.74 Å². The van der Waals surface area contributed by atoms with Gasteiger partial charge in [-0.1, -0.05) is 13.0 Å². The van der Waals surface area contributed by atoms with Crippen molar-refractivity contribution in [3.05, 3.63) is 29.3 Å². The lowest BCUT2D eigenvalue weighted by molar-refractivity contribution is -0.144. The summed E-state index contributed by atoms with van der Waals surface area (Å²) in [5.41, 5.74) is 1.22. The van der Waals surface area contributed by atoms with Crippen molar-refractivity contribution in [2.45, 2.75) is 20.0 Å². The van der Waals surface area contributed by atoms with Crippen LogP contribution in [0.4, 0.5) is 13.2 Å². The molecule has 1 rings (SSSR count). The van der Waals surface area contributed by atoms with E-state index in [1.807, 2.05) is 6.92 Å². The zero-order chi connectivity index (χ0) is 15.3. The predicted octanol–water partition coefficient (Wildman–Crippen LogP) is 3.07. The maximum absolute atomic E-state index is 12.4. The molecule has 0 aliphatic carbocycles. The second-order valence-corrected chi connectivity index (χ2v) is 4.55. The molecule has 112 valence electrons. The number of Topliss-reactive ketones (excluding diaryl/α,β-unsaturated/α-hetero) is 1. The minimum absolute atomic E-state index is 0.152. The normalized spacial score (nSPS) is 11.8. The van der Waals surface area contributed by atoms with E-state index in [4.69, 9.17) is 4.74 Å². The number of aryl methyl sites for hydroxylation is 1. The number of ketones is 1. The summed E-state index contributed by atoms with van der Waals surface area (Å²) in [6.45, 7) is 2.21. The summed E-state index contributed by atoms with van der Waals surface area (Å²) < 4.78 is 42.2. The Morgan fingerprint density at radius 1 is 1.35 bits per heavy atom. The van der Waals surface area contributed by atoms with E-state index in [9.17, 15) is 18.0 Å². The van der Waals surface area contributed by atoms with Gasteiger partial charge in [-0.2, -0.15) is 13.2 Å². The zero-order valence-electron chi connectivity index (χ0n) is 11.8. The molecular formula is C14H18F3NO2. The third-order valence-corrected chi connectivity index (χ3v) is 2.87. The Hall–Kier alpha value is -1.56. The molecule has 0 unspecified atom stereocenters. The lowest BCUT2D eigenvalue weighted by atomic mass is 10.1. The minimum atomic E-state index is -4.31. The quantitative estimate of drug-likeness (QED) is 0.754. The summed E-state index contributed by atoms with van der Waals surface area (Å²) in [7, 11) is 1.43. The van der Waals surface area contributed by atoms with Gasteiger partial charge in [0.25, 0.3) is 0 Å². The molecule has 0 heterocycles. The molecule has 0 fully saturated rings. The number of hydrogen-bond acceptors (Lipinski definition) is 3. The fourth-order valence-electron chi connectivity index (χ4n) is 1.85. The monoisotopic (exact) mass is 289 g/mol. The molecule has 0 aromatic heterocycles. The Labute approximate surface area is 116 Å². The number of carbonyl (C=O) groups is 1. The van der Waals surface area contributed by atoms with E-state index < -0.39 is 12.7 Å². The van der Waals surface area contributed by atoms with Gasteiger partial charge in [-0.25, -0.2) is 0 Å². The summed E-state index contributed by atoms with van der Waals surface area (Å²) >= 11 is 0. The minimum Gasteiger partial charge on any atom is -0.496 e. The highest BCUT2D eigenvalue weighted by atomic mass is 19.4. The van der Waals surface area contributed by atoms with Crippen molar-refractivity contribution in [1.29, 1.82) is 0 Å². The summed E-state index contributed by atoms with van der Waals surface area (Å²) in [5, 5.41) is 0. The highest BCUT2D eigenvalue weighted by molar-refractivity contribution is 6.00. The number of carbonyl (C=O) groups excluding carboxylic acids is 1. The molecule has 1 aromatic carbocycles. The van der Waals surface area contributed by atoms with Crippen LogP contribution in [0.1, 0.15) is 22.8 Å². The van der Waals surface area contributed by atoms with E-state index in [0.29, 0.717) is 11.3 Å². The van der Waals surface area contributed by atoms with Gasteiger partial charge >= 0.3 is 6.18 Å². The first-order valence-corrected chi connectivity index (χ1v) is 6.23. The molecule has 0 aliphatic rings. The van der Waals surface area contributed by atoms with Crippen molar-refractivity contribution in [3.63, 3.8) is 0 Å². The number of alkyl halides is 3. The topological polar surface area (TPSA) is 29.5 Å². The lowest BCUT2D eigenvalue weighted by Crippen LogP contribution is -2.37. The number of nitrogens with zero attached hydrogens (tertiary/aromatic N) is 1. The number of hydrogen-bond donors (Lipinski definition) is 0. The van der Waals surface area contributed by atoms with Gasteiger partial charge < -0.3 is 4.74 Å². The van der Waals surface area contributed by atoms with E-state index in [2.05, 4.69) is 0 Å². The Balaban J connectivity index is 2.84. The molecule has 3 nitrogen and oxygen atoms in total. The van der Waals surface area contributed by atoms with Crippen molar-refractivity contribution in [3.8, 4) is 5.75 Å². The van der Waals surface area contributed by atoms with Gasteiger partial charge in [-0.15, -0.1) is 0 Å². The van der Waals surface area contributed by atoms with Gasteiger partial charge in [-0.05, 0) is 31.2 Å². The molecule has 1 aromatic rings. The maximum atomic E-state index is 12.4. The summed E-state index contributed by atoms with van der Waals surface area (Å²) in [6.07, 6.45) is -4.31. The van der Waals surface area contributed by atoms with Crippen LogP contribution in [-0.4, -0.2) is 43.6 Å². The fourth-order valence-corrected chi connectivity index (χ4v) is 1.85. The van der Waals surface area contributed by atoms with Crippen LogP contribution in [0.25, 0.3) is 0 Å². The van der Waals surface area contributed by atoms with Crippen LogP contribution in [0.15, 0.2) is 18.2 Å². The van der Waals surface area contributed by atoms with E-state index in [1.165, 1.54) is 7.11 Å². The second-order valence-electron chi connectivity index (χ2n) is 4.55. The molecule has 0 saturated carbocycles. The Morgan fingerprint density at radius 2 is 2.00 bits per heavy atom. The second kappa shape index (κ2) is 6.74. The van der Waals surface area contributed by atoms with Gasteiger partial charge in [0.1, 0.15) is 5.75 Å². The van der Waals surface area contributed by atoms with E-state index in [1.54, 1.807) is 25.1 Å². The molecule has 20 heavy (non-hydrogen) atoms. The molecule has 0 bridgehead atoms. The Kier molecular flexibility index (Phi) is 5.56. The van der Waals surface area contributed by atoms with E-state index >= 15 is 0 Å². The van der Waals surface area contributed by atoms with Crippen molar-refractivity contribution < 1.29 is 22.7 Å². The Bertz CT molecular complexity index is 472. The van der Waals surface area contributed by atoms with Gasteiger partial charge in [0.15, 0.2) is 5.78 Å². The fraction of sp³-hybridized carbons (Fsp3) is 0.500. The maximum Gasteiger partial charge on any atom is 0.401 e. The number of likely N-dealkylation sites (N-methyl/N-ethyl adjacent to an activating group) is 1. The molecule has 0 radical (unpaired) electrons. The zero-order valence-corrected chi connectivity index (χ0v) is 11.8. The molecule has 0 spiro atoms. The smallest absolute Gasteiger partial charge is 0.401 e. The van der Waals surface area contributed by atoms with Crippen molar-refractivity contribution in [2.75, 3.05) is 26.7 Å². The molecule has 0 amide bonds. The van der Waals surface area contributed by atoms with Crippen LogP contribution >= 0.6 is 0 Å². The summed E-state index contributed by atoms with van der Waals surface area (Å²) in [6, 6.07) is 5.00. The first-order valence-electron chi connectivity index (χ1n) is 6.23. The lowest BCUT2D eigenvalue weighted by Gasteiger charge is -2.21. The van der Waals surface area contributed by atoms with Gasteiger partial charge in [0, 0.05) is 0 Å². The molecule has 0 aliphatic heterocycles. The average molecular weight is 289 g/mol. The van der Waals surface area contributed by atoms with Gasteiger partial charge in [0.2, 0.25) is 0 Å². The molecule has 0 saturated heterocycles.